The van der Waals surface area contributed by atoms with Gasteiger partial charge in [0.1, 0.15) is 17.3 Å². The van der Waals surface area contributed by atoms with Crippen LogP contribution in [0.1, 0.15) is 16.9 Å². The molecule has 2 N–H and O–H groups in total. The van der Waals surface area contributed by atoms with E-state index < -0.39 is 11.5 Å². The van der Waals surface area contributed by atoms with Crippen molar-refractivity contribution in [2.24, 2.45) is 5.10 Å². The van der Waals surface area contributed by atoms with Crippen molar-refractivity contribution >= 4 is 23.7 Å². The van der Waals surface area contributed by atoms with E-state index >= 15 is 0 Å². The zero-order chi connectivity index (χ0) is 23.3. The summed E-state index contributed by atoms with van der Waals surface area (Å²) in [5.41, 5.74) is 2.15. The van der Waals surface area contributed by atoms with Crippen LogP contribution in [0.3, 0.4) is 0 Å². The molecule has 166 valence electrons. The molecule has 6 nitrogen and oxygen atoms in total. The monoisotopic (exact) mass is 460 g/mol. The molecule has 0 aliphatic carbocycles. The molecule has 0 radical (unpaired) electrons. The number of carbonyl (C=O) groups is 1. The van der Waals surface area contributed by atoms with Crippen molar-refractivity contribution < 1.29 is 19.1 Å². The summed E-state index contributed by atoms with van der Waals surface area (Å²) >= 11 is 6.18. The molecule has 0 atom stereocenters. The van der Waals surface area contributed by atoms with Gasteiger partial charge in [0.2, 0.25) is 0 Å². The van der Waals surface area contributed by atoms with E-state index in [2.05, 4.69) is 10.5 Å². The molecule has 0 spiro atoms. The summed E-state index contributed by atoms with van der Waals surface area (Å²) in [5, 5.41) is 15.9. The summed E-state index contributed by atoms with van der Waals surface area (Å²) in [6.07, 6.45) is 1.36. The number of amides is 1. The second-order valence-corrected chi connectivity index (χ2v) is 7.60. The predicted molar refractivity (Wildman–Crippen MR) is 127 cm³/mol. The second kappa shape index (κ2) is 9.73. The van der Waals surface area contributed by atoms with Crippen LogP contribution in [0.4, 0.5) is 0 Å². The van der Waals surface area contributed by atoms with E-state index in [-0.39, 0.29) is 0 Å². The van der Waals surface area contributed by atoms with Gasteiger partial charge in [0, 0.05) is 5.56 Å². The fourth-order valence-corrected chi connectivity index (χ4v) is 3.68. The lowest BCUT2D eigenvalue weighted by Gasteiger charge is -2.26. The summed E-state index contributed by atoms with van der Waals surface area (Å²) < 4.78 is 10.9. The van der Waals surface area contributed by atoms with Crippen molar-refractivity contribution in [3.63, 3.8) is 0 Å². The Morgan fingerprint density at radius 2 is 1.64 bits per heavy atom. The third-order valence-corrected chi connectivity index (χ3v) is 5.43. The highest BCUT2D eigenvalue weighted by molar-refractivity contribution is 6.32. The molecule has 4 aromatic rings. The molecule has 1 amide bonds. The number of hydrazone groups is 1. The van der Waals surface area contributed by atoms with Crippen LogP contribution >= 0.6 is 11.6 Å². The molecule has 4 rings (SSSR count). The fraction of sp³-hybridized carbons (Fsp3) is 0.0769. The maximum atomic E-state index is 13.0. The number of nitrogens with one attached hydrogen (secondary N) is 1. The lowest BCUT2D eigenvalue weighted by Crippen LogP contribution is -2.43. The summed E-state index contributed by atoms with van der Waals surface area (Å²) in [6.45, 7) is 0. The Balaban J connectivity index is 1.53. The van der Waals surface area contributed by atoms with Gasteiger partial charge in [-0.15, -0.1) is 0 Å². The molecule has 0 unspecified atom stereocenters. The van der Waals surface area contributed by atoms with Gasteiger partial charge in [-0.25, -0.2) is 5.43 Å². The normalized spacial score (nSPS) is 11.5. The molecular weight excluding hydrogens is 440 g/mol. The largest absolute Gasteiger partial charge is 0.495 e. The van der Waals surface area contributed by atoms with Crippen molar-refractivity contribution in [3.05, 3.63) is 113 Å². The van der Waals surface area contributed by atoms with Gasteiger partial charge in [-0.05, 0) is 41.5 Å². The zero-order valence-electron chi connectivity index (χ0n) is 17.7. The van der Waals surface area contributed by atoms with Crippen molar-refractivity contribution in [3.8, 4) is 17.1 Å². The van der Waals surface area contributed by atoms with Gasteiger partial charge in [-0.3, -0.25) is 4.79 Å². The van der Waals surface area contributed by atoms with Crippen molar-refractivity contribution in [1.29, 1.82) is 0 Å². The van der Waals surface area contributed by atoms with E-state index in [4.69, 9.17) is 20.8 Å². The molecule has 0 aliphatic rings. The summed E-state index contributed by atoms with van der Waals surface area (Å²) in [6, 6.07) is 26.2. The first-order valence-electron chi connectivity index (χ1n) is 10.1. The van der Waals surface area contributed by atoms with E-state index in [1.165, 1.54) is 6.21 Å². The van der Waals surface area contributed by atoms with E-state index in [1.807, 2.05) is 18.2 Å². The minimum atomic E-state index is -1.91. The number of aliphatic hydroxyl groups is 1. The molecule has 33 heavy (non-hydrogen) atoms. The lowest BCUT2D eigenvalue weighted by atomic mass is 9.85. The maximum Gasteiger partial charge on any atom is 0.281 e. The van der Waals surface area contributed by atoms with Crippen LogP contribution in [-0.2, 0) is 10.4 Å². The van der Waals surface area contributed by atoms with Crippen molar-refractivity contribution in [2.45, 2.75) is 5.60 Å². The van der Waals surface area contributed by atoms with Gasteiger partial charge in [0.15, 0.2) is 5.60 Å². The highest BCUT2D eigenvalue weighted by atomic mass is 35.5. The SMILES string of the molecule is COc1ccc(-c2ccc(/C=N/NC(=O)C(O)(c3ccccc3)c3ccccc3)o2)cc1Cl. The van der Waals surface area contributed by atoms with Gasteiger partial charge in [0.05, 0.1) is 18.3 Å². The van der Waals surface area contributed by atoms with Crippen LogP contribution in [-0.4, -0.2) is 24.3 Å². The minimum absolute atomic E-state index is 0.417. The van der Waals surface area contributed by atoms with Crippen LogP contribution in [0.2, 0.25) is 5.02 Å². The molecular formula is C26H21ClN2O4. The van der Waals surface area contributed by atoms with E-state index in [0.717, 1.165) is 5.56 Å². The predicted octanol–water partition coefficient (Wildman–Crippen LogP) is 4.99. The molecule has 7 heteroatoms. The van der Waals surface area contributed by atoms with Crippen LogP contribution in [0.25, 0.3) is 11.3 Å². The van der Waals surface area contributed by atoms with Crippen molar-refractivity contribution in [2.75, 3.05) is 7.11 Å². The third kappa shape index (κ3) is 4.67. The van der Waals surface area contributed by atoms with Gasteiger partial charge in [0.25, 0.3) is 5.91 Å². The molecule has 0 bridgehead atoms. The number of halogens is 1. The number of ether oxygens (including phenoxy) is 1. The van der Waals surface area contributed by atoms with Crippen LogP contribution < -0.4 is 10.2 Å². The van der Waals surface area contributed by atoms with Crippen LogP contribution in [0.5, 0.6) is 5.75 Å². The summed E-state index contributed by atoms with van der Waals surface area (Å²) in [7, 11) is 1.55. The molecule has 0 saturated carbocycles. The zero-order valence-corrected chi connectivity index (χ0v) is 18.5. The summed E-state index contributed by atoms with van der Waals surface area (Å²) in [5.74, 6) is 0.878. The Bertz CT molecular complexity index is 1230. The second-order valence-electron chi connectivity index (χ2n) is 7.19. The van der Waals surface area contributed by atoms with Crippen LogP contribution in [0.15, 0.2) is 101 Å². The Kier molecular flexibility index (Phi) is 6.58. The Morgan fingerprint density at radius 3 is 2.21 bits per heavy atom. The fourth-order valence-electron chi connectivity index (χ4n) is 3.42. The topological polar surface area (TPSA) is 84.1 Å². The first-order valence-corrected chi connectivity index (χ1v) is 10.5. The molecule has 1 aromatic heterocycles. The first kappa shape index (κ1) is 22.3. The first-order chi connectivity index (χ1) is 16.0. The number of furan rings is 1. The van der Waals surface area contributed by atoms with E-state index in [1.54, 1.807) is 79.9 Å². The molecule has 0 fully saturated rings. The number of methoxy groups -OCH3 is 1. The van der Waals surface area contributed by atoms with E-state index in [9.17, 15) is 9.90 Å². The van der Waals surface area contributed by atoms with E-state index in [0.29, 0.717) is 33.4 Å². The average molecular weight is 461 g/mol. The highest BCUT2D eigenvalue weighted by Crippen LogP contribution is 2.31. The Hall–Kier alpha value is -3.87. The third-order valence-electron chi connectivity index (χ3n) is 5.13. The smallest absolute Gasteiger partial charge is 0.281 e. The molecule has 1 heterocycles. The Labute approximate surface area is 196 Å². The van der Waals surface area contributed by atoms with Gasteiger partial charge in [-0.2, -0.15) is 5.10 Å². The number of nitrogens with zero attached hydrogens (tertiary/aromatic N) is 1. The number of hydrogen-bond donors (Lipinski definition) is 2. The average Bonchev–Trinajstić information content (AvgIpc) is 3.33. The summed E-state index contributed by atoms with van der Waals surface area (Å²) in [4.78, 5) is 13.0. The maximum absolute atomic E-state index is 13.0. The van der Waals surface area contributed by atoms with Crippen LogP contribution in [0, 0.1) is 0 Å². The number of benzene rings is 3. The van der Waals surface area contributed by atoms with Gasteiger partial charge in [-0.1, -0.05) is 72.3 Å². The van der Waals surface area contributed by atoms with Gasteiger partial charge < -0.3 is 14.3 Å². The number of carbonyl (C=O) groups excluding carboxylic acids is 1. The Morgan fingerprint density at radius 1 is 1.00 bits per heavy atom. The number of hydrogen-bond acceptors (Lipinski definition) is 5. The minimum Gasteiger partial charge on any atom is -0.495 e. The molecule has 0 aliphatic heterocycles. The quantitative estimate of drug-likeness (QED) is 0.300. The molecule has 3 aromatic carbocycles. The van der Waals surface area contributed by atoms with Crippen molar-refractivity contribution in [1.82, 2.24) is 5.43 Å². The highest BCUT2D eigenvalue weighted by Gasteiger charge is 2.39. The standard InChI is InChI=1S/C26H21ClN2O4/c1-32-24-14-12-18(16-22(24)27)23-15-13-21(33-23)17-28-29-25(30)26(31,19-8-4-2-5-9-19)20-10-6-3-7-11-20/h2-17,31H,1H3,(H,29,30)/b28-17+. The molecule has 0 saturated heterocycles. The number of rotatable bonds is 7. The lowest BCUT2D eigenvalue weighted by molar-refractivity contribution is -0.136. The van der Waals surface area contributed by atoms with Gasteiger partial charge >= 0.3 is 0 Å².